The van der Waals surface area contributed by atoms with Crippen LogP contribution in [0.5, 0.6) is 0 Å². The maximum Gasteiger partial charge on any atom is 0.0343 e. The number of aromatic nitrogens is 1. The monoisotopic (exact) mass is 200 g/mol. The number of nitrogens with one attached hydrogen (secondary N) is 1. The lowest BCUT2D eigenvalue weighted by Gasteiger charge is -2.28. The Balaban J connectivity index is 1.95. The van der Waals surface area contributed by atoms with E-state index in [2.05, 4.69) is 29.4 Å². The number of hydrogen-bond acceptors (Lipinski definition) is 2. The van der Waals surface area contributed by atoms with E-state index in [1.807, 2.05) is 18.5 Å². The molecule has 1 fully saturated rings. The average molecular weight is 200 g/mol. The highest BCUT2D eigenvalue weighted by Crippen LogP contribution is 2.40. The predicted octanol–water partition coefficient (Wildman–Crippen LogP) is 2.09. The van der Waals surface area contributed by atoms with Crippen molar-refractivity contribution in [1.29, 1.82) is 0 Å². The average Bonchev–Trinajstić information content (AvgIpc) is 2.65. The molecule has 1 N–H and O–H groups in total. The molecule has 2 bridgehead atoms. The van der Waals surface area contributed by atoms with E-state index in [1.165, 1.54) is 17.6 Å². The summed E-state index contributed by atoms with van der Waals surface area (Å²) in [5.74, 6) is 1.43. The molecule has 3 atom stereocenters. The van der Waals surface area contributed by atoms with Gasteiger partial charge < -0.3 is 5.32 Å². The molecule has 1 aromatic rings. The molecule has 2 heteroatoms. The lowest BCUT2D eigenvalue weighted by atomic mass is 9.90. The lowest BCUT2D eigenvalue weighted by molar-refractivity contribution is 0.328. The Morgan fingerprint density at radius 1 is 1.47 bits per heavy atom. The number of rotatable bonds is 1. The van der Waals surface area contributed by atoms with E-state index in [0.29, 0.717) is 12.0 Å². The summed E-state index contributed by atoms with van der Waals surface area (Å²) in [6.07, 6.45) is 7.59. The van der Waals surface area contributed by atoms with E-state index < -0.39 is 0 Å². The first-order valence-corrected chi connectivity index (χ1v) is 5.70. The highest BCUT2D eigenvalue weighted by molar-refractivity contribution is 5.69. The van der Waals surface area contributed by atoms with Crippen molar-refractivity contribution < 1.29 is 0 Å². The predicted molar refractivity (Wildman–Crippen MR) is 61.3 cm³/mol. The van der Waals surface area contributed by atoms with Crippen LogP contribution in [0, 0.1) is 11.8 Å². The van der Waals surface area contributed by atoms with E-state index in [1.54, 1.807) is 0 Å². The fraction of sp³-hybridized carbons (Fsp3) is 0.462. The van der Waals surface area contributed by atoms with E-state index in [9.17, 15) is 0 Å². The van der Waals surface area contributed by atoms with Gasteiger partial charge in [0.05, 0.1) is 0 Å². The van der Waals surface area contributed by atoms with Crippen molar-refractivity contribution in [2.75, 3.05) is 6.54 Å². The highest BCUT2D eigenvalue weighted by atomic mass is 14.9. The molecular formula is C13H16N2. The third-order valence-corrected chi connectivity index (χ3v) is 3.71. The third kappa shape index (κ3) is 1.49. The van der Waals surface area contributed by atoms with Crippen LogP contribution >= 0.6 is 0 Å². The van der Waals surface area contributed by atoms with Gasteiger partial charge in [-0.3, -0.25) is 4.98 Å². The van der Waals surface area contributed by atoms with Crippen LogP contribution in [-0.2, 0) is 0 Å². The minimum absolute atomic E-state index is 0.635. The van der Waals surface area contributed by atoms with Crippen LogP contribution in [0.25, 0.3) is 5.57 Å². The number of fused-ring (bicyclic) bond motifs is 2. The Labute approximate surface area is 90.4 Å². The van der Waals surface area contributed by atoms with Crippen molar-refractivity contribution in [3.63, 3.8) is 0 Å². The Hall–Kier alpha value is -1.15. The van der Waals surface area contributed by atoms with Crippen molar-refractivity contribution in [2.24, 2.45) is 11.8 Å². The summed E-state index contributed by atoms with van der Waals surface area (Å²) in [4.78, 5) is 4.20. The molecule has 3 unspecified atom stereocenters. The van der Waals surface area contributed by atoms with Crippen molar-refractivity contribution in [1.82, 2.24) is 10.3 Å². The van der Waals surface area contributed by atoms with Gasteiger partial charge in [-0.05, 0) is 42.4 Å². The SMILES string of the molecule is CC1NCC2CC1C=C2c1cccnc1. The number of piperidine rings is 1. The number of nitrogens with zero attached hydrogens (tertiary/aromatic N) is 1. The summed E-state index contributed by atoms with van der Waals surface area (Å²) in [6, 6.07) is 4.83. The molecule has 0 aromatic carbocycles. The first kappa shape index (κ1) is 9.10. The molecule has 1 aliphatic heterocycles. The molecule has 1 aromatic heterocycles. The molecule has 1 saturated heterocycles. The quantitative estimate of drug-likeness (QED) is 0.751. The van der Waals surface area contributed by atoms with E-state index in [4.69, 9.17) is 0 Å². The van der Waals surface area contributed by atoms with Crippen molar-refractivity contribution in [3.8, 4) is 0 Å². The second-order valence-corrected chi connectivity index (χ2v) is 4.66. The number of hydrogen-bond donors (Lipinski definition) is 1. The fourth-order valence-electron chi connectivity index (χ4n) is 2.78. The van der Waals surface area contributed by atoms with Crippen LogP contribution in [0.4, 0.5) is 0 Å². The van der Waals surface area contributed by atoms with Crippen LogP contribution in [0.2, 0.25) is 0 Å². The van der Waals surface area contributed by atoms with Gasteiger partial charge in [0.25, 0.3) is 0 Å². The summed E-state index contributed by atoms with van der Waals surface area (Å²) in [5, 5.41) is 3.57. The lowest BCUT2D eigenvalue weighted by Crippen LogP contribution is -2.39. The van der Waals surface area contributed by atoms with Crippen LogP contribution in [0.15, 0.2) is 30.6 Å². The highest BCUT2D eigenvalue weighted by Gasteiger charge is 2.34. The van der Waals surface area contributed by atoms with E-state index >= 15 is 0 Å². The molecule has 78 valence electrons. The Kier molecular flexibility index (Phi) is 2.10. The second kappa shape index (κ2) is 3.46. The largest absolute Gasteiger partial charge is 0.313 e. The number of pyridine rings is 1. The van der Waals surface area contributed by atoms with Gasteiger partial charge in [-0.2, -0.15) is 0 Å². The fourth-order valence-corrected chi connectivity index (χ4v) is 2.78. The van der Waals surface area contributed by atoms with Gasteiger partial charge in [0.2, 0.25) is 0 Å². The summed E-state index contributed by atoms with van der Waals surface area (Å²) < 4.78 is 0. The van der Waals surface area contributed by atoms with E-state index in [0.717, 1.165) is 12.5 Å². The molecule has 0 saturated carbocycles. The third-order valence-electron chi connectivity index (χ3n) is 3.71. The van der Waals surface area contributed by atoms with Gasteiger partial charge in [0.15, 0.2) is 0 Å². The minimum Gasteiger partial charge on any atom is -0.313 e. The van der Waals surface area contributed by atoms with Gasteiger partial charge in [0.1, 0.15) is 0 Å². The summed E-state index contributed by atoms with van der Waals surface area (Å²) in [6.45, 7) is 3.40. The zero-order valence-electron chi connectivity index (χ0n) is 8.98. The van der Waals surface area contributed by atoms with Gasteiger partial charge in [0, 0.05) is 25.0 Å². The van der Waals surface area contributed by atoms with Crippen LogP contribution in [0.1, 0.15) is 18.9 Å². The zero-order valence-corrected chi connectivity index (χ0v) is 8.98. The van der Waals surface area contributed by atoms with Gasteiger partial charge in [-0.15, -0.1) is 0 Å². The summed E-state index contributed by atoms with van der Waals surface area (Å²) in [7, 11) is 0. The zero-order chi connectivity index (χ0) is 10.3. The van der Waals surface area contributed by atoms with Crippen molar-refractivity contribution >= 4 is 5.57 Å². The Bertz CT molecular complexity index is 383. The first-order chi connectivity index (χ1) is 7.34. The van der Waals surface area contributed by atoms with Crippen molar-refractivity contribution in [3.05, 3.63) is 36.2 Å². The molecule has 15 heavy (non-hydrogen) atoms. The maximum absolute atomic E-state index is 4.20. The standard InChI is InChI=1S/C13H16N2/c1-9-11-5-12(8-15-9)13(6-11)10-3-2-4-14-7-10/h2-4,6-7,9,11-12,15H,5,8H2,1H3. The smallest absolute Gasteiger partial charge is 0.0343 e. The van der Waals surface area contributed by atoms with Gasteiger partial charge in [-0.25, -0.2) is 0 Å². The van der Waals surface area contributed by atoms with Crippen LogP contribution in [0.3, 0.4) is 0 Å². The molecular weight excluding hydrogens is 184 g/mol. The summed E-state index contributed by atoms with van der Waals surface area (Å²) in [5.41, 5.74) is 2.81. The normalized spacial score (nSPS) is 33.9. The Morgan fingerprint density at radius 2 is 2.40 bits per heavy atom. The molecule has 2 nitrogen and oxygen atoms in total. The molecule has 1 aliphatic carbocycles. The molecule has 2 heterocycles. The molecule has 0 spiro atoms. The van der Waals surface area contributed by atoms with Crippen LogP contribution < -0.4 is 5.32 Å². The van der Waals surface area contributed by atoms with Gasteiger partial charge in [-0.1, -0.05) is 12.1 Å². The van der Waals surface area contributed by atoms with Crippen LogP contribution in [-0.4, -0.2) is 17.6 Å². The topological polar surface area (TPSA) is 24.9 Å². The molecule has 3 rings (SSSR count). The first-order valence-electron chi connectivity index (χ1n) is 5.70. The molecule has 0 amide bonds. The van der Waals surface area contributed by atoms with Gasteiger partial charge >= 0.3 is 0 Å². The van der Waals surface area contributed by atoms with E-state index in [-0.39, 0.29) is 0 Å². The maximum atomic E-state index is 4.20. The second-order valence-electron chi connectivity index (χ2n) is 4.66. The molecule has 2 aliphatic rings. The Morgan fingerprint density at radius 3 is 3.13 bits per heavy atom. The summed E-state index contributed by atoms with van der Waals surface area (Å²) >= 11 is 0. The minimum atomic E-state index is 0.635. The van der Waals surface area contributed by atoms with Crippen molar-refractivity contribution in [2.45, 2.75) is 19.4 Å². The molecule has 0 radical (unpaired) electrons.